The SMILES string of the molecule is CN(C)CCOc1cc(N)ccc1C(=O)O. The number of hydrogen-bond donors (Lipinski definition) is 2. The van der Waals surface area contributed by atoms with Crippen LogP contribution >= 0.6 is 0 Å². The summed E-state index contributed by atoms with van der Waals surface area (Å²) in [4.78, 5) is 12.8. The van der Waals surface area contributed by atoms with Crippen molar-refractivity contribution in [3.05, 3.63) is 23.8 Å². The van der Waals surface area contributed by atoms with E-state index in [0.717, 1.165) is 0 Å². The Morgan fingerprint density at radius 1 is 1.50 bits per heavy atom. The highest BCUT2D eigenvalue weighted by atomic mass is 16.5. The van der Waals surface area contributed by atoms with Crippen LogP contribution in [0.15, 0.2) is 18.2 Å². The molecule has 16 heavy (non-hydrogen) atoms. The second-order valence-electron chi connectivity index (χ2n) is 3.71. The smallest absolute Gasteiger partial charge is 0.339 e. The maximum atomic E-state index is 10.9. The molecule has 1 aromatic rings. The molecule has 5 heteroatoms. The molecule has 0 fully saturated rings. The van der Waals surface area contributed by atoms with Gasteiger partial charge in [-0.05, 0) is 26.2 Å². The number of nitrogen functional groups attached to an aromatic ring is 1. The van der Waals surface area contributed by atoms with E-state index in [-0.39, 0.29) is 5.56 Å². The molecular weight excluding hydrogens is 208 g/mol. The Kier molecular flexibility index (Phi) is 4.13. The predicted octanol–water partition coefficient (Wildman–Crippen LogP) is 0.907. The maximum Gasteiger partial charge on any atom is 0.339 e. The van der Waals surface area contributed by atoms with E-state index in [1.807, 2.05) is 19.0 Å². The summed E-state index contributed by atoms with van der Waals surface area (Å²) in [6.07, 6.45) is 0. The van der Waals surface area contributed by atoms with Crippen molar-refractivity contribution < 1.29 is 14.6 Å². The van der Waals surface area contributed by atoms with Crippen LogP contribution in [0.4, 0.5) is 5.69 Å². The van der Waals surface area contributed by atoms with Gasteiger partial charge >= 0.3 is 5.97 Å². The fourth-order valence-electron chi connectivity index (χ4n) is 1.17. The lowest BCUT2D eigenvalue weighted by atomic mass is 10.2. The number of nitrogens with zero attached hydrogens (tertiary/aromatic N) is 1. The van der Waals surface area contributed by atoms with Crippen LogP contribution in [0.25, 0.3) is 0 Å². The second-order valence-corrected chi connectivity index (χ2v) is 3.71. The van der Waals surface area contributed by atoms with E-state index >= 15 is 0 Å². The molecule has 0 aliphatic heterocycles. The number of nitrogens with two attached hydrogens (primary N) is 1. The van der Waals surface area contributed by atoms with Crippen molar-refractivity contribution in [3.63, 3.8) is 0 Å². The standard InChI is InChI=1S/C11H16N2O3/c1-13(2)5-6-16-10-7-8(12)3-4-9(10)11(14)15/h3-4,7H,5-6,12H2,1-2H3,(H,14,15). The number of carboxylic acids is 1. The molecule has 0 atom stereocenters. The fraction of sp³-hybridized carbons (Fsp3) is 0.364. The van der Waals surface area contributed by atoms with E-state index in [1.54, 1.807) is 6.07 Å². The number of carboxylic acid groups (broad SMARTS) is 1. The van der Waals surface area contributed by atoms with E-state index in [0.29, 0.717) is 24.6 Å². The highest BCUT2D eigenvalue weighted by Crippen LogP contribution is 2.21. The third-order valence-electron chi connectivity index (χ3n) is 2.03. The van der Waals surface area contributed by atoms with Crippen LogP contribution in [0.3, 0.4) is 0 Å². The third-order valence-corrected chi connectivity index (χ3v) is 2.03. The van der Waals surface area contributed by atoms with Crippen molar-refractivity contribution in [3.8, 4) is 5.75 Å². The average Bonchev–Trinajstić information content (AvgIpc) is 2.16. The maximum absolute atomic E-state index is 10.9. The minimum atomic E-state index is -1.01. The van der Waals surface area contributed by atoms with Crippen molar-refractivity contribution in [2.75, 3.05) is 33.0 Å². The van der Waals surface area contributed by atoms with Crippen LogP contribution in [0.5, 0.6) is 5.75 Å². The lowest BCUT2D eigenvalue weighted by Gasteiger charge is -2.12. The van der Waals surface area contributed by atoms with Gasteiger partial charge in [0.25, 0.3) is 0 Å². The summed E-state index contributed by atoms with van der Waals surface area (Å²) < 4.78 is 5.39. The summed E-state index contributed by atoms with van der Waals surface area (Å²) in [5.74, 6) is -0.700. The number of likely N-dealkylation sites (N-methyl/N-ethyl adjacent to an activating group) is 1. The van der Waals surface area contributed by atoms with Crippen molar-refractivity contribution in [1.29, 1.82) is 0 Å². The Hall–Kier alpha value is -1.75. The number of anilines is 1. The normalized spacial score (nSPS) is 10.4. The molecule has 88 valence electrons. The van der Waals surface area contributed by atoms with Gasteiger partial charge in [0, 0.05) is 18.3 Å². The first-order chi connectivity index (χ1) is 7.50. The zero-order chi connectivity index (χ0) is 12.1. The Bertz CT molecular complexity index is 377. The molecule has 0 aromatic heterocycles. The zero-order valence-electron chi connectivity index (χ0n) is 9.43. The van der Waals surface area contributed by atoms with Gasteiger partial charge in [0.2, 0.25) is 0 Å². The number of benzene rings is 1. The van der Waals surface area contributed by atoms with Gasteiger partial charge in [0.05, 0.1) is 0 Å². The Morgan fingerprint density at radius 2 is 2.19 bits per heavy atom. The van der Waals surface area contributed by atoms with Gasteiger partial charge in [0.15, 0.2) is 0 Å². The molecule has 0 spiro atoms. The van der Waals surface area contributed by atoms with E-state index in [4.69, 9.17) is 15.6 Å². The second kappa shape index (κ2) is 5.37. The minimum Gasteiger partial charge on any atom is -0.491 e. The highest BCUT2D eigenvalue weighted by Gasteiger charge is 2.11. The predicted molar refractivity (Wildman–Crippen MR) is 61.9 cm³/mol. The van der Waals surface area contributed by atoms with Crippen LogP contribution < -0.4 is 10.5 Å². The van der Waals surface area contributed by atoms with Gasteiger partial charge in [0.1, 0.15) is 17.9 Å². The van der Waals surface area contributed by atoms with E-state index in [1.165, 1.54) is 12.1 Å². The minimum absolute atomic E-state index is 0.132. The zero-order valence-corrected chi connectivity index (χ0v) is 9.43. The molecule has 5 nitrogen and oxygen atoms in total. The van der Waals surface area contributed by atoms with Crippen LogP contribution in [-0.4, -0.2) is 43.2 Å². The third kappa shape index (κ3) is 3.43. The van der Waals surface area contributed by atoms with Crippen LogP contribution in [0.1, 0.15) is 10.4 Å². The quantitative estimate of drug-likeness (QED) is 0.727. The van der Waals surface area contributed by atoms with Crippen molar-refractivity contribution in [2.24, 2.45) is 0 Å². The summed E-state index contributed by atoms with van der Waals surface area (Å²) in [6.45, 7) is 1.14. The molecule has 0 aliphatic rings. The topological polar surface area (TPSA) is 75.8 Å². The molecule has 0 heterocycles. The molecule has 1 aromatic carbocycles. The molecule has 3 N–H and O–H groups in total. The summed E-state index contributed by atoms with van der Waals surface area (Å²) in [5.41, 5.74) is 6.20. The number of hydrogen-bond acceptors (Lipinski definition) is 4. The molecular formula is C11H16N2O3. The lowest BCUT2D eigenvalue weighted by Crippen LogP contribution is -2.20. The summed E-state index contributed by atoms with van der Waals surface area (Å²) >= 11 is 0. The van der Waals surface area contributed by atoms with Gasteiger partial charge < -0.3 is 20.5 Å². The number of carbonyl (C=O) groups is 1. The molecule has 0 unspecified atom stereocenters. The highest BCUT2D eigenvalue weighted by molar-refractivity contribution is 5.91. The summed E-state index contributed by atoms with van der Waals surface area (Å²) in [6, 6.07) is 4.52. The van der Waals surface area contributed by atoms with E-state index in [9.17, 15) is 4.79 Å². The number of ether oxygens (including phenoxy) is 1. The van der Waals surface area contributed by atoms with Gasteiger partial charge in [-0.25, -0.2) is 4.79 Å². The van der Waals surface area contributed by atoms with Gasteiger partial charge in [-0.1, -0.05) is 0 Å². The average molecular weight is 224 g/mol. The molecule has 0 saturated carbocycles. The van der Waals surface area contributed by atoms with Crippen LogP contribution in [0.2, 0.25) is 0 Å². The van der Waals surface area contributed by atoms with Crippen molar-refractivity contribution in [1.82, 2.24) is 4.90 Å². The molecule has 0 bridgehead atoms. The van der Waals surface area contributed by atoms with Crippen LogP contribution in [0, 0.1) is 0 Å². The largest absolute Gasteiger partial charge is 0.491 e. The lowest BCUT2D eigenvalue weighted by molar-refractivity contribution is 0.0692. The first kappa shape index (κ1) is 12.3. The molecule has 0 saturated heterocycles. The van der Waals surface area contributed by atoms with Crippen molar-refractivity contribution >= 4 is 11.7 Å². The van der Waals surface area contributed by atoms with Gasteiger partial charge in [-0.15, -0.1) is 0 Å². The summed E-state index contributed by atoms with van der Waals surface area (Å²) in [7, 11) is 3.83. The van der Waals surface area contributed by atoms with E-state index in [2.05, 4.69) is 0 Å². The molecule has 1 rings (SSSR count). The number of aromatic carboxylic acids is 1. The fourth-order valence-corrected chi connectivity index (χ4v) is 1.17. The van der Waals surface area contributed by atoms with Gasteiger partial charge in [-0.3, -0.25) is 0 Å². The Labute approximate surface area is 94.4 Å². The van der Waals surface area contributed by atoms with Crippen molar-refractivity contribution in [2.45, 2.75) is 0 Å². The van der Waals surface area contributed by atoms with Crippen LogP contribution in [-0.2, 0) is 0 Å². The molecule has 0 radical (unpaired) electrons. The first-order valence-corrected chi connectivity index (χ1v) is 4.91. The molecule has 0 amide bonds. The van der Waals surface area contributed by atoms with Gasteiger partial charge in [-0.2, -0.15) is 0 Å². The van der Waals surface area contributed by atoms with E-state index < -0.39 is 5.97 Å². The first-order valence-electron chi connectivity index (χ1n) is 4.91. The summed E-state index contributed by atoms with van der Waals surface area (Å²) in [5, 5.41) is 8.93. The number of rotatable bonds is 5. The molecule has 0 aliphatic carbocycles. The monoisotopic (exact) mass is 224 g/mol. The Morgan fingerprint density at radius 3 is 2.75 bits per heavy atom. The Balaban J connectivity index is 2.76.